The first-order valence-corrected chi connectivity index (χ1v) is 6.67. The number of anilines is 1. The summed E-state index contributed by atoms with van der Waals surface area (Å²) < 4.78 is 5.10. The summed E-state index contributed by atoms with van der Waals surface area (Å²) in [5.41, 5.74) is 1.94. The Morgan fingerprint density at radius 3 is 2.70 bits per heavy atom. The van der Waals surface area contributed by atoms with Gasteiger partial charge in [-0.25, -0.2) is 0 Å². The molecule has 4 nitrogen and oxygen atoms in total. The summed E-state index contributed by atoms with van der Waals surface area (Å²) in [5.74, 6) is -0.00770. The van der Waals surface area contributed by atoms with Crippen molar-refractivity contribution in [2.24, 2.45) is 5.41 Å². The molecule has 0 amide bonds. The first kappa shape index (κ1) is 16.2. The number of rotatable bonds is 7. The molecular formula is C16H22N2O2. The maximum absolute atomic E-state index is 11.6. The van der Waals surface area contributed by atoms with Gasteiger partial charge >= 0.3 is 0 Å². The second kappa shape index (κ2) is 7.06. The first-order chi connectivity index (χ1) is 9.39. The van der Waals surface area contributed by atoms with Crippen LogP contribution in [0.5, 0.6) is 0 Å². The highest BCUT2D eigenvalue weighted by molar-refractivity contribution is 5.99. The van der Waals surface area contributed by atoms with Crippen molar-refractivity contribution >= 4 is 11.5 Å². The number of hydrogen-bond acceptors (Lipinski definition) is 4. The van der Waals surface area contributed by atoms with Crippen LogP contribution in [0.1, 0.15) is 43.1 Å². The molecule has 0 unspecified atom stereocenters. The maximum Gasteiger partial charge on any atom is 0.161 e. The molecule has 20 heavy (non-hydrogen) atoms. The monoisotopic (exact) mass is 274 g/mol. The lowest BCUT2D eigenvalue weighted by atomic mass is 9.89. The molecular weight excluding hydrogens is 252 g/mol. The summed E-state index contributed by atoms with van der Waals surface area (Å²) in [4.78, 5) is 11.6. The molecule has 0 fully saturated rings. The van der Waals surface area contributed by atoms with Gasteiger partial charge in [0.25, 0.3) is 0 Å². The van der Waals surface area contributed by atoms with Gasteiger partial charge in [-0.2, -0.15) is 5.26 Å². The molecule has 0 heterocycles. The van der Waals surface area contributed by atoms with Crippen LogP contribution < -0.4 is 5.32 Å². The lowest BCUT2D eigenvalue weighted by Crippen LogP contribution is -2.25. The topological polar surface area (TPSA) is 62.1 Å². The van der Waals surface area contributed by atoms with E-state index in [1.165, 1.54) is 6.92 Å². The zero-order valence-electron chi connectivity index (χ0n) is 12.6. The van der Waals surface area contributed by atoms with Crippen LogP contribution in [0.4, 0.5) is 5.69 Å². The smallest absolute Gasteiger partial charge is 0.161 e. The number of ether oxygens (including phenoxy) is 1. The van der Waals surface area contributed by atoms with Crippen molar-refractivity contribution in [3.8, 4) is 6.07 Å². The minimum Gasteiger partial charge on any atom is -0.385 e. The summed E-state index contributed by atoms with van der Waals surface area (Å²) in [6.45, 7) is 7.22. The number of hydrogen-bond donors (Lipinski definition) is 1. The second-order valence-electron chi connectivity index (χ2n) is 5.69. The summed E-state index contributed by atoms with van der Waals surface area (Å²) in [5, 5.41) is 12.2. The fourth-order valence-corrected chi connectivity index (χ4v) is 1.87. The molecule has 1 aromatic carbocycles. The number of nitriles is 1. The standard InChI is InChI=1S/C16H22N2O2/c1-12(19)14-6-5-13(10-17)9-15(14)18-11-16(2,3)7-8-20-4/h5-6,9,18H,7-8,11H2,1-4H3. The molecule has 0 aromatic heterocycles. The number of carbonyl (C=O) groups excluding carboxylic acids is 1. The average Bonchev–Trinajstić information content (AvgIpc) is 2.42. The molecule has 1 rings (SSSR count). The fraction of sp³-hybridized carbons (Fsp3) is 0.500. The number of ketones is 1. The fourth-order valence-electron chi connectivity index (χ4n) is 1.87. The second-order valence-corrected chi connectivity index (χ2v) is 5.69. The third-order valence-corrected chi connectivity index (χ3v) is 3.27. The van der Waals surface area contributed by atoms with Crippen molar-refractivity contribution in [3.05, 3.63) is 29.3 Å². The van der Waals surface area contributed by atoms with Gasteiger partial charge in [0, 0.05) is 31.5 Å². The molecule has 0 bridgehead atoms. The van der Waals surface area contributed by atoms with Crippen LogP contribution in [0.15, 0.2) is 18.2 Å². The van der Waals surface area contributed by atoms with Gasteiger partial charge < -0.3 is 10.1 Å². The Hall–Kier alpha value is -1.86. The van der Waals surface area contributed by atoms with Crippen LogP contribution in [-0.4, -0.2) is 26.0 Å². The Labute approximate surface area is 120 Å². The van der Waals surface area contributed by atoms with Gasteiger partial charge in [0.05, 0.1) is 11.6 Å². The van der Waals surface area contributed by atoms with Gasteiger partial charge in [0.2, 0.25) is 0 Å². The van der Waals surface area contributed by atoms with E-state index in [1.807, 2.05) is 0 Å². The molecule has 0 aliphatic carbocycles. The molecule has 0 saturated carbocycles. The van der Waals surface area contributed by atoms with Crippen LogP contribution >= 0.6 is 0 Å². The van der Waals surface area contributed by atoms with E-state index in [4.69, 9.17) is 10.00 Å². The molecule has 4 heteroatoms. The van der Waals surface area contributed by atoms with Crippen molar-refractivity contribution in [3.63, 3.8) is 0 Å². The van der Waals surface area contributed by atoms with E-state index in [9.17, 15) is 4.79 Å². The van der Waals surface area contributed by atoms with Crippen molar-refractivity contribution < 1.29 is 9.53 Å². The Kier molecular flexibility index (Phi) is 5.72. The van der Waals surface area contributed by atoms with Crippen molar-refractivity contribution in [1.29, 1.82) is 5.26 Å². The Balaban J connectivity index is 2.85. The van der Waals surface area contributed by atoms with E-state index in [0.717, 1.165) is 12.1 Å². The SMILES string of the molecule is COCCC(C)(C)CNc1cc(C#N)ccc1C(C)=O. The number of benzene rings is 1. The highest BCUT2D eigenvalue weighted by Crippen LogP contribution is 2.24. The van der Waals surface area contributed by atoms with Gasteiger partial charge in [-0.1, -0.05) is 13.8 Å². The molecule has 0 aliphatic rings. The molecule has 1 aromatic rings. The lowest BCUT2D eigenvalue weighted by Gasteiger charge is -2.25. The number of carbonyl (C=O) groups is 1. The quantitative estimate of drug-likeness (QED) is 0.775. The molecule has 0 atom stereocenters. The van der Waals surface area contributed by atoms with E-state index in [-0.39, 0.29) is 11.2 Å². The zero-order valence-corrected chi connectivity index (χ0v) is 12.6. The minimum absolute atomic E-state index is 0.00770. The van der Waals surface area contributed by atoms with E-state index in [0.29, 0.717) is 24.3 Å². The van der Waals surface area contributed by atoms with Crippen LogP contribution in [0.2, 0.25) is 0 Å². The number of methoxy groups -OCH3 is 1. The number of nitrogens with one attached hydrogen (secondary N) is 1. The Morgan fingerprint density at radius 2 is 2.15 bits per heavy atom. The van der Waals surface area contributed by atoms with E-state index in [1.54, 1.807) is 25.3 Å². The van der Waals surface area contributed by atoms with Crippen LogP contribution in [0, 0.1) is 16.7 Å². The van der Waals surface area contributed by atoms with Gasteiger partial charge in [-0.15, -0.1) is 0 Å². The summed E-state index contributed by atoms with van der Waals surface area (Å²) in [6.07, 6.45) is 0.920. The normalized spacial score (nSPS) is 10.9. The molecule has 0 aliphatic heterocycles. The van der Waals surface area contributed by atoms with Crippen LogP contribution in [-0.2, 0) is 4.74 Å². The highest BCUT2D eigenvalue weighted by atomic mass is 16.5. The zero-order chi connectivity index (χ0) is 15.2. The van der Waals surface area contributed by atoms with Crippen LogP contribution in [0.3, 0.4) is 0 Å². The minimum atomic E-state index is -0.00770. The predicted molar refractivity (Wildman–Crippen MR) is 79.9 cm³/mol. The maximum atomic E-state index is 11.6. The van der Waals surface area contributed by atoms with Crippen molar-refractivity contribution in [1.82, 2.24) is 0 Å². The van der Waals surface area contributed by atoms with Gasteiger partial charge in [-0.3, -0.25) is 4.79 Å². The molecule has 0 radical (unpaired) electrons. The molecule has 0 saturated heterocycles. The third-order valence-electron chi connectivity index (χ3n) is 3.27. The van der Waals surface area contributed by atoms with E-state index in [2.05, 4.69) is 25.2 Å². The van der Waals surface area contributed by atoms with Crippen molar-refractivity contribution in [2.75, 3.05) is 25.6 Å². The lowest BCUT2D eigenvalue weighted by molar-refractivity contribution is 0.101. The van der Waals surface area contributed by atoms with Crippen LogP contribution in [0.25, 0.3) is 0 Å². The average molecular weight is 274 g/mol. The molecule has 1 N–H and O–H groups in total. The van der Waals surface area contributed by atoms with E-state index >= 15 is 0 Å². The third kappa shape index (κ3) is 4.67. The molecule has 108 valence electrons. The van der Waals surface area contributed by atoms with Gasteiger partial charge in [-0.05, 0) is 37.0 Å². The Bertz CT molecular complexity index is 516. The van der Waals surface area contributed by atoms with Gasteiger partial charge in [0.15, 0.2) is 5.78 Å². The highest BCUT2D eigenvalue weighted by Gasteiger charge is 2.18. The summed E-state index contributed by atoms with van der Waals surface area (Å²) in [7, 11) is 1.69. The first-order valence-electron chi connectivity index (χ1n) is 6.67. The Morgan fingerprint density at radius 1 is 1.45 bits per heavy atom. The molecule has 0 spiro atoms. The van der Waals surface area contributed by atoms with Gasteiger partial charge in [0.1, 0.15) is 0 Å². The summed E-state index contributed by atoms with van der Waals surface area (Å²) >= 11 is 0. The summed E-state index contributed by atoms with van der Waals surface area (Å²) in [6, 6.07) is 7.18. The number of nitrogens with zero attached hydrogens (tertiary/aromatic N) is 1. The van der Waals surface area contributed by atoms with E-state index < -0.39 is 0 Å². The van der Waals surface area contributed by atoms with Crippen molar-refractivity contribution in [2.45, 2.75) is 27.2 Å². The number of Topliss-reactive ketones (excluding diaryl/α,β-unsaturated/α-hetero) is 1. The largest absolute Gasteiger partial charge is 0.385 e. The predicted octanol–water partition coefficient (Wildman–Crippen LogP) is 3.24.